The van der Waals surface area contributed by atoms with E-state index in [-0.39, 0.29) is 11.5 Å². The summed E-state index contributed by atoms with van der Waals surface area (Å²) < 4.78 is 0. The van der Waals surface area contributed by atoms with E-state index in [0.29, 0.717) is 0 Å². The Morgan fingerprint density at radius 1 is 0.455 bits per heavy atom. The van der Waals surface area contributed by atoms with Crippen molar-refractivity contribution in [1.29, 1.82) is 0 Å². The Hall–Kier alpha value is -4.56. The number of aromatic hydroxyl groups is 2. The van der Waals surface area contributed by atoms with E-state index in [1.165, 1.54) is 67.8 Å². The van der Waals surface area contributed by atoms with Crippen molar-refractivity contribution in [3.8, 4) is 44.9 Å². The molecule has 0 amide bonds. The van der Waals surface area contributed by atoms with Crippen LogP contribution in [0.25, 0.3) is 54.9 Å². The van der Waals surface area contributed by atoms with Crippen LogP contribution in [0.1, 0.15) is 63.5 Å². The number of benzene rings is 6. The number of fused-ring (bicyclic) bond motifs is 2. The molecular weight excluding hydrogens is 536 g/mol. The molecule has 44 heavy (non-hydrogen) atoms. The molecule has 0 fully saturated rings. The lowest BCUT2D eigenvalue weighted by molar-refractivity contribution is 0.475. The monoisotopic (exact) mass is 578 g/mol. The van der Waals surface area contributed by atoms with Crippen molar-refractivity contribution in [2.24, 2.45) is 0 Å². The van der Waals surface area contributed by atoms with Crippen LogP contribution in [0.5, 0.6) is 11.5 Å². The molecule has 0 unspecified atom stereocenters. The first-order valence-electron chi connectivity index (χ1n) is 16.3. The highest BCUT2D eigenvalue weighted by Gasteiger charge is 2.23. The number of unbranched alkanes of at least 4 members (excludes halogenated alkanes) is 4. The highest BCUT2D eigenvalue weighted by molar-refractivity contribution is 6.11. The van der Waals surface area contributed by atoms with Crippen LogP contribution >= 0.6 is 0 Å². The lowest BCUT2D eigenvalue weighted by Crippen LogP contribution is -2.03. The summed E-state index contributed by atoms with van der Waals surface area (Å²) in [5, 5.41) is 26.0. The predicted octanol–water partition coefficient (Wildman–Crippen LogP) is 11.9. The van der Waals surface area contributed by atoms with Crippen LogP contribution in [0.2, 0.25) is 0 Å². The van der Waals surface area contributed by atoms with Gasteiger partial charge in [0.2, 0.25) is 0 Å². The van der Waals surface area contributed by atoms with Crippen LogP contribution in [-0.2, 0) is 12.8 Å². The van der Waals surface area contributed by atoms with Gasteiger partial charge >= 0.3 is 0 Å². The summed E-state index contributed by atoms with van der Waals surface area (Å²) in [7, 11) is 0. The third-order valence-electron chi connectivity index (χ3n) is 8.94. The summed E-state index contributed by atoms with van der Waals surface area (Å²) in [5.74, 6) is 0.571. The summed E-state index contributed by atoms with van der Waals surface area (Å²) in [6.45, 7) is 4.52. The molecule has 0 aliphatic rings. The van der Waals surface area contributed by atoms with Crippen molar-refractivity contribution in [3.05, 3.63) is 120 Å². The van der Waals surface area contributed by atoms with E-state index in [1.807, 2.05) is 24.3 Å². The number of phenolic OH excluding ortho intramolecular Hbond substituents is 2. The number of phenols is 2. The second-order valence-corrected chi connectivity index (χ2v) is 12.0. The molecule has 0 atom stereocenters. The molecule has 0 aliphatic heterocycles. The number of hydrogen-bond donors (Lipinski definition) is 2. The van der Waals surface area contributed by atoms with Crippen LogP contribution < -0.4 is 0 Å². The van der Waals surface area contributed by atoms with Gasteiger partial charge in [0.15, 0.2) is 0 Å². The highest BCUT2D eigenvalue weighted by Crippen LogP contribution is 2.47. The molecule has 0 aliphatic carbocycles. The molecule has 0 aromatic heterocycles. The lowest BCUT2D eigenvalue weighted by Gasteiger charge is -2.25. The molecule has 6 rings (SSSR count). The van der Waals surface area contributed by atoms with Crippen molar-refractivity contribution in [3.63, 3.8) is 0 Å². The van der Waals surface area contributed by atoms with Crippen molar-refractivity contribution >= 4 is 21.5 Å². The van der Waals surface area contributed by atoms with Gasteiger partial charge in [0.1, 0.15) is 11.5 Å². The van der Waals surface area contributed by atoms with Gasteiger partial charge in [-0.1, -0.05) is 112 Å². The predicted molar refractivity (Wildman–Crippen MR) is 188 cm³/mol. The van der Waals surface area contributed by atoms with E-state index in [1.54, 1.807) is 12.1 Å². The lowest BCUT2D eigenvalue weighted by atomic mass is 9.79. The molecule has 0 spiro atoms. The van der Waals surface area contributed by atoms with E-state index >= 15 is 0 Å². The van der Waals surface area contributed by atoms with Crippen LogP contribution in [0.3, 0.4) is 0 Å². The van der Waals surface area contributed by atoms with E-state index in [9.17, 15) is 10.2 Å². The maximum absolute atomic E-state index is 10.5. The Bertz CT molecular complexity index is 1780. The van der Waals surface area contributed by atoms with Gasteiger partial charge in [-0.15, -0.1) is 0 Å². The summed E-state index contributed by atoms with van der Waals surface area (Å²) in [6.07, 6.45) is 8.76. The number of hydrogen-bond acceptors (Lipinski definition) is 2. The average Bonchev–Trinajstić information content (AvgIpc) is 3.04. The fraction of sp³-hybridized carbons (Fsp3) is 0.238. The van der Waals surface area contributed by atoms with Crippen molar-refractivity contribution in [2.75, 3.05) is 0 Å². The van der Waals surface area contributed by atoms with Crippen LogP contribution in [0, 0.1) is 0 Å². The molecule has 2 N–H and O–H groups in total. The van der Waals surface area contributed by atoms with Gasteiger partial charge in [0.05, 0.1) is 0 Å². The highest BCUT2D eigenvalue weighted by atomic mass is 16.3. The maximum atomic E-state index is 10.5. The molecule has 222 valence electrons. The standard InChI is InChI=1S/C42H42O2/c1-3-5-7-23-37-39(29-17-13-19-33(43)25-29)27-31-15-9-11-21-35(31)41(37)42-36-22-12-10-16-32(36)28-40(38(42)24-8-6-4-2)30-18-14-20-34(44)26-30/h9-22,25-28,43-44H,3-8,23-24H2,1-2H3. The minimum Gasteiger partial charge on any atom is -0.508 e. The first-order valence-corrected chi connectivity index (χ1v) is 16.3. The zero-order valence-corrected chi connectivity index (χ0v) is 25.9. The third-order valence-corrected chi connectivity index (χ3v) is 8.94. The summed E-state index contributed by atoms with van der Waals surface area (Å²) >= 11 is 0. The Balaban J connectivity index is 1.78. The Morgan fingerprint density at radius 2 is 0.886 bits per heavy atom. The van der Waals surface area contributed by atoms with Gasteiger partial charge in [-0.3, -0.25) is 0 Å². The number of rotatable bonds is 11. The van der Waals surface area contributed by atoms with E-state index in [0.717, 1.165) is 49.7 Å². The molecule has 2 heteroatoms. The molecule has 6 aromatic carbocycles. The SMILES string of the molecule is CCCCCc1c(-c2cccc(O)c2)cc2ccccc2c1-c1c(CCCCC)c(-c2cccc(O)c2)cc2ccccc12. The van der Waals surface area contributed by atoms with Crippen molar-refractivity contribution < 1.29 is 10.2 Å². The van der Waals surface area contributed by atoms with Crippen molar-refractivity contribution in [1.82, 2.24) is 0 Å². The normalized spacial score (nSPS) is 11.4. The third kappa shape index (κ3) is 5.95. The molecule has 0 heterocycles. The Kier molecular flexibility index (Phi) is 8.98. The van der Waals surface area contributed by atoms with E-state index < -0.39 is 0 Å². The molecular formula is C42H42O2. The molecule has 0 saturated heterocycles. The van der Waals surface area contributed by atoms with Gasteiger partial charge in [-0.2, -0.15) is 0 Å². The molecule has 0 saturated carbocycles. The average molecular weight is 579 g/mol. The summed E-state index contributed by atoms with van der Waals surface area (Å²) in [4.78, 5) is 0. The molecule has 0 radical (unpaired) electrons. The van der Waals surface area contributed by atoms with Gasteiger partial charge in [-0.05, 0) is 128 Å². The summed E-state index contributed by atoms with van der Waals surface area (Å²) in [6, 6.07) is 37.7. The first kappa shape index (κ1) is 29.5. The first-order chi connectivity index (χ1) is 21.6. The molecule has 6 aromatic rings. The van der Waals surface area contributed by atoms with Gasteiger partial charge in [0, 0.05) is 0 Å². The largest absolute Gasteiger partial charge is 0.508 e. The topological polar surface area (TPSA) is 40.5 Å². The quantitative estimate of drug-likeness (QED) is 0.150. The fourth-order valence-electron chi connectivity index (χ4n) is 6.84. The zero-order valence-electron chi connectivity index (χ0n) is 25.9. The Labute approximate surface area is 261 Å². The van der Waals surface area contributed by atoms with E-state index in [2.05, 4.69) is 86.6 Å². The zero-order chi connectivity index (χ0) is 30.5. The second kappa shape index (κ2) is 13.4. The minimum atomic E-state index is 0.285. The van der Waals surface area contributed by atoms with Crippen LogP contribution in [0.4, 0.5) is 0 Å². The minimum absolute atomic E-state index is 0.285. The maximum Gasteiger partial charge on any atom is 0.116 e. The van der Waals surface area contributed by atoms with Crippen molar-refractivity contribution in [2.45, 2.75) is 65.2 Å². The second-order valence-electron chi connectivity index (χ2n) is 12.0. The van der Waals surface area contributed by atoms with E-state index in [4.69, 9.17) is 0 Å². The van der Waals surface area contributed by atoms with Crippen LogP contribution in [0.15, 0.2) is 109 Å². The van der Waals surface area contributed by atoms with Gasteiger partial charge in [-0.25, -0.2) is 0 Å². The van der Waals surface area contributed by atoms with Gasteiger partial charge < -0.3 is 10.2 Å². The van der Waals surface area contributed by atoms with Crippen LogP contribution in [-0.4, -0.2) is 10.2 Å². The molecule has 2 nitrogen and oxygen atoms in total. The smallest absolute Gasteiger partial charge is 0.116 e. The fourth-order valence-corrected chi connectivity index (χ4v) is 6.84. The Morgan fingerprint density at radius 3 is 1.30 bits per heavy atom. The summed E-state index contributed by atoms with van der Waals surface area (Å²) in [5.41, 5.74) is 9.78. The van der Waals surface area contributed by atoms with Gasteiger partial charge in [0.25, 0.3) is 0 Å². The molecule has 0 bridgehead atoms.